The number of hydrogen-bond donors (Lipinski definition) is 1. The van der Waals surface area contributed by atoms with Crippen LogP contribution in [0.1, 0.15) is 11.1 Å². The summed E-state index contributed by atoms with van der Waals surface area (Å²) in [5.41, 5.74) is 3.52. The molecule has 0 saturated carbocycles. The van der Waals surface area contributed by atoms with E-state index in [-0.39, 0.29) is 5.69 Å². The fraction of sp³-hybridized carbons (Fsp3) is 0.111. The first-order chi connectivity index (χ1) is 12.9. The number of amides is 1. The van der Waals surface area contributed by atoms with E-state index in [1.807, 2.05) is 0 Å². The van der Waals surface area contributed by atoms with Crippen molar-refractivity contribution in [3.05, 3.63) is 68.2 Å². The van der Waals surface area contributed by atoms with Crippen molar-refractivity contribution in [2.75, 3.05) is 14.2 Å². The molecule has 0 atom stereocenters. The number of nitro groups is 1. The minimum atomic E-state index is -0.497. The van der Waals surface area contributed by atoms with Crippen LogP contribution in [0.3, 0.4) is 0 Å². The van der Waals surface area contributed by atoms with Crippen LogP contribution in [0.25, 0.3) is 6.08 Å². The minimum absolute atomic E-state index is 0.0467. The highest BCUT2D eigenvalue weighted by molar-refractivity contribution is 9.10. The lowest BCUT2D eigenvalue weighted by Gasteiger charge is -2.10. The number of nitrogens with one attached hydrogen (secondary N) is 1. The molecule has 0 aliphatic carbocycles. The van der Waals surface area contributed by atoms with Crippen molar-refractivity contribution in [2.45, 2.75) is 0 Å². The fourth-order valence-corrected chi connectivity index (χ4v) is 2.76. The number of halogens is 1. The molecule has 2 aromatic rings. The Bertz CT molecular complexity index is 912. The number of nitro benzene ring substituents is 1. The van der Waals surface area contributed by atoms with Crippen molar-refractivity contribution in [3.8, 4) is 11.5 Å². The molecule has 2 rings (SSSR count). The van der Waals surface area contributed by atoms with Gasteiger partial charge in [0, 0.05) is 18.2 Å². The first-order valence-corrected chi connectivity index (χ1v) is 8.41. The monoisotopic (exact) mass is 433 g/mol. The van der Waals surface area contributed by atoms with Gasteiger partial charge < -0.3 is 9.47 Å². The number of hydrazone groups is 1. The largest absolute Gasteiger partial charge is 0.493 e. The van der Waals surface area contributed by atoms with Gasteiger partial charge in [-0.25, -0.2) is 5.43 Å². The van der Waals surface area contributed by atoms with Gasteiger partial charge in [-0.2, -0.15) is 5.10 Å². The topological polar surface area (TPSA) is 103 Å². The first kappa shape index (κ1) is 20.1. The van der Waals surface area contributed by atoms with Crippen LogP contribution in [-0.4, -0.2) is 31.3 Å². The maximum atomic E-state index is 11.8. The van der Waals surface area contributed by atoms with Crippen LogP contribution >= 0.6 is 15.9 Å². The summed E-state index contributed by atoms with van der Waals surface area (Å²) in [5, 5.41) is 14.6. The number of hydrogen-bond acceptors (Lipinski definition) is 6. The molecule has 9 heteroatoms. The van der Waals surface area contributed by atoms with E-state index in [0.29, 0.717) is 27.1 Å². The van der Waals surface area contributed by atoms with Gasteiger partial charge in [-0.1, -0.05) is 12.1 Å². The van der Waals surface area contributed by atoms with E-state index in [1.54, 1.807) is 24.3 Å². The van der Waals surface area contributed by atoms with E-state index in [4.69, 9.17) is 9.47 Å². The summed E-state index contributed by atoms with van der Waals surface area (Å²) in [6.07, 6.45) is 4.15. The zero-order chi connectivity index (χ0) is 19.8. The molecule has 0 bridgehead atoms. The SMILES string of the molecule is COc1cc(/C=N\NC(=O)/C=C/c2cccc([N+](=O)[O-])c2)cc(Br)c1OC. The lowest BCUT2D eigenvalue weighted by atomic mass is 10.2. The standard InChI is InChI=1S/C18H16BrN3O5/c1-26-16-10-13(9-15(19)18(16)27-2)11-20-21-17(23)7-6-12-4-3-5-14(8-12)22(24)25/h3-11H,1-2H3,(H,21,23)/b7-6+,20-11-. The molecule has 140 valence electrons. The molecule has 0 aliphatic rings. The number of carbonyl (C=O) groups excluding carboxylic acids is 1. The van der Waals surface area contributed by atoms with Crippen molar-refractivity contribution in [1.29, 1.82) is 0 Å². The molecule has 1 amide bonds. The first-order valence-electron chi connectivity index (χ1n) is 7.61. The third-order valence-corrected chi connectivity index (χ3v) is 3.94. The Labute approximate surface area is 163 Å². The highest BCUT2D eigenvalue weighted by Crippen LogP contribution is 2.35. The predicted molar refractivity (Wildman–Crippen MR) is 105 cm³/mol. The van der Waals surface area contributed by atoms with Gasteiger partial charge in [-0.3, -0.25) is 14.9 Å². The molecule has 0 aliphatic heterocycles. The average molecular weight is 434 g/mol. The Morgan fingerprint density at radius 3 is 2.67 bits per heavy atom. The van der Waals surface area contributed by atoms with Crippen molar-refractivity contribution >= 4 is 39.8 Å². The molecule has 8 nitrogen and oxygen atoms in total. The number of benzene rings is 2. The van der Waals surface area contributed by atoms with Gasteiger partial charge in [0.2, 0.25) is 0 Å². The van der Waals surface area contributed by atoms with E-state index in [2.05, 4.69) is 26.5 Å². The van der Waals surface area contributed by atoms with E-state index in [1.165, 1.54) is 44.7 Å². The maximum absolute atomic E-state index is 11.8. The van der Waals surface area contributed by atoms with Crippen molar-refractivity contribution < 1.29 is 19.2 Å². The molecule has 0 aromatic heterocycles. The van der Waals surface area contributed by atoms with Crippen LogP contribution in [0.2, 0.25) is 0 Å². The predicted octanol–water partition coefficient (Wildman–Crippen LogP) is 3.54. The van der Waals surface area contributed by atoms with Gasteiger partial charge >= 0.3 is 0 Å². The number of methoxy groups -OCH3 is 2. The molecule has 0 fully saturated rings. The molecular formula is C18H16BrN3O5. The van der Waals surface area contributed by atoms with Gasteiger partial charge in [0.25, 0.3) is 11.6 Å². The second-order valence-electron chi connectivity index (χ2n) is 5.16. The molecule has 27 heavy (non-hydrogen) atoms. The quantitative estimate of drug-likeness (QED) is 0.311. The number of non-ortho nitro benzene ring substituents is 1. The van der Waals surface area contributed by atoms with Crippen molar-refractivity contribution in [2.24, 2.45) is 5.10 Å². The molecule has 0 saturated heterocycles. The Morgan fingerprint density at radius 1 is 1.22 bits per heavy atom. The Balaban J connectivity index is 2.02. The van der Waals surface area contributed by atoms with Crippen molar-refractivity contribution in [3.63, 3.8) is 0 Å². The number of ether oxygens (including phenoxy) is 2. The molecule has 0 radical (unpaired) electrons. The van der Waals surface area contributed by atoms with Gasteiger partial charge in [0.1, 0.15) is 0 Å². The van der Waals surface area contributed by atoms with E-state index in [9.17, 15) is 14.9 Å². The highest BCUT2D eigenvalue weighted by atomic mass is 79.9. The lowest BCUT2D eigenvalue weighted by molar-refractivity contribution is -0.384. The van der Waals surface area contributed by atoms with Crippen LogP contribution in [0, 0.1) is 10.1 Å². The molecule has 0 spiro atoms. The summed E-state index contributed by atoms with van der Waals surface area (Å²) in [6.45, 7) is 0. The second kappa shape index (κ2) is 9.48. The second-order valence-corrected chi connectivity index (χ2v) is 6.01. The summed E-state index contributed by atoms with van der Waals surface area (Å²) in [6, 6.07) is 9.41. The highest BCUT2D eigenvalue weighted by Gasteiger charge is 2.09. The summed E-state index contributed by atoms with van der Waals surface area (Å²) in [4.78, 5) is 22.1. The van der Waals surface area contributed by atoms with Crippen LogP contribution in [0.5, 0.6) is 11.5 Å². The van der Waals surface area contributed by atoms with Gasteiger partial charge in [0.05, 0.1) is 29.8 Å². The fourth-order valence-electron chi connectivity index (χ4n) is 2.13. The van der Waals surface area contributed by atoms with Crippen LogP contribution < -0.4 is 14.9 Å². The van der Waals surface area contributed by atoms with Crippen LogP contribution in [0.4, 0.5) is 5.69 Å². The summed E-state index contributed by atoms with van der Waals surface area (Å²) in [5.74, 6) is 0.598. The number of nitrogens with zero attached hydrogens (tertiary/aromatic N) is 2. The molecule has 2 aromatic carbocycles. The third kappa shape index (κ3) is 5.65. The zero-order valence-electron chi connectivity index (χ0n) is 14.5. The van der Waals surface area contributed by atoms with Crippen LogP contribution in [0.15, 0.2) is 52.0 Å². The Kier molecular flexibility index (Phi) is 7.07. The zero-order valence-corrected chi connectivity index (χ0v) is 16.1. The number of carbonyl (C=O) groups is 1. The smallest absolute Gasteiger partial charge is 0.270 e. The van der Waals surface area contributed by atoms with Crippen molar-refractivity contribution in [1.82, 2.24) is 5.43 Å². The molecular weight excluding hydrogens is 418 g/mol. The Morgan fingerprint density at radius 2 is 2.00 bits per heavy atom. The minimum Gasteiger partial charge on any atom is -0.493 e. The summed E-state index contributed by atoms with van der Waals surface area (Å²) >= 11 is 3.37. The maximum Gasteiger partial charge on any atom is 0.270 e. The van der Waals surface area contributed by atoms with E-state index >= 15 is 0 Å². The number of rotatable bonds is 7. The van der Waals surface area contributed by atoms with Gasteiger partial charge in [-0.15, -0.1) is 0 Å². The average Bonchev–Trinajstić information content (AvgIpc) is 2.66. The summed E-state index contributed by atoms with van der Waals surface area (Å²) in [7, 11) is 3.05. The molecule has 1 N–H and O–H groups in total. The van der Waals surface area contributed by atoms with Gasteiger partial charge in [-0.05, 0) is 45.3 Å². The summed E-state index contributed by atoms with van der Waals surface area (Å²) < 4.78 is 11.1. The van der Waals surface area contributed by atoms with E-state index in [0.717, 1.165) is 0 Å². The van der Waals surface area contributed by atoms with E-state index < -0.39 is 10.8 Å². The molecule has 0 heterocycles. The molecule has 0 unspecified atom stereocenters. The van der Waals surface area contributed by atoms with Crippen LogP contribution in [-0.2, 0) is 4.79 Å². The lowest BCUT2D eigenvalue weighted by Crippen LogP contribution is -2.14. The Hall–Kier alpha value is -3.20. The third-order valence-electron chi connectivity index (χ3n) is 3.35. The normalized spacial score (nSPS) is 10.9. The van der Waals surface area contributed by atoms with Gasteiger partial charge in [0.15, 0.2) is 11.5 Å².